The number of imidazole rings is 1. The summed E-state index contributed by atoms with van der Waals surface area (Å²) in [5.41, 5.74) is 2.03. The maximum absolute atomic E-state index is 8.93. The molecule has 0 bridgehead atoms. The lowest BCUT2D eigenvalue weighted by atomic mass is 10.0. The summed E-state index contributed by atoms with van der Waals surface area (Å²) in [6.07, 6.45) is 10.2. The van der Waals surface area contributed by atoms with Gasteiger partial charge in [0.1, 0.15) is 16.9 Å². The Hall–Kier alpha value is -3.97. The van der Waals surface area contributed by atoms with Crippen molar-refractivity contribution in [3.8, 4) is 6.07 Å². The Morgan fingerprint density at radius 1 is 1.09 bits per heavy atom. The van der Waals surface area contributed by atoms with Gasteiger partial charge >= 0.3 is 0 Å². The van der Waals surface area contributed by atoms with E-state index in [4.69, 9.17) is 16.9 Å². The Kier molecular flexibility index (Phi) is 5.39. The summed E-state index contributed by atoms with van der Waals surface area (Å²) < 4.78 is 1.68. The highest BCUT2D eigenvalue weighted by Gasteiger charge is 2.21. The lowest BCUT2D eigenvalue weighted by Gasteiger charge is -2.33. The average Bonchev–Trinajstić information content (AvgIpc) is 3.30. The van der Waals surface area contributed by atoms with Gasteiger partial charge in [0.15, 0.2) is 11.5 Å². The molecule has 0 atom stereocenters. The maximum atomic E-state index is 8.93. The molecule has 0 saturated carbocycles. The zero-order chi connectivity index (χ0) is 21.9. The van der Waals surface area contributed by atoms with Gasteiger partial charge in [-0.25, -0.2) is 19.5 Å². The van der Waals surface area contributed by atoms with Gasteiger partial charge in [-0.2, -0.15) is 15.3 Å². The predicted octanol–water partition coefficient (Wildman–Crippen LogP) is 3.26. The van der Waals surface area contributed by atoms with Crippen molar-refractivity contribution in [1.82, 2.24) is 29.5 Å². The first-order chi connectivity index (χ1) is 15.7. The fraction of sp³-hybridized carbons (Fsp3) is 0.238. The first kappa shape index (κ1) is 20.0. The smallest absolute Gasteiger partial charge is 0.229 e. The van der Waals surface area contributed by atoms with Gasteiger partial charge in [-0.05, 0) is 25.0 Å². The minimum absolute atomic E-state index is 0.229. The Bertz CT molecular complexity index is 1270. The van der Waals surface area contributed by atoms with Gasteiger partial charge < -0.3 is 15.5 Å². The van der Waals surface area contributed by atoms with Crippen LogP contribution in [0.15, 0.2) is 49.2 Å². The maximum Gasteiger partial charge on any atom is 0.229 e. The van der Waals surface area contributed by atoms with Gasteiger partial charge in [-0.1, -0.05) is 11.6 Å². The molecule has 5 rings (SSSR count). The third-order valence-corrected chi connectivity index (χ3v) is 5.57. The molecule has 0 radical (unpaired) electrons. The molecule has 160 valence electrons. The molecule has 10 nitrogen and oxygen atoms in total. The monoisotopic (exact) mass is 446 g/mol. The van der Waals surface area contributed by atoms with E-state index in [1.54, 1.807) is 41.6 Å². The van der Waals surface area contributed by atoms with Crippen molar-refractivity contribution in [1.29, 1.82) is 5.26 Å². The van der Waals surface area contributed by atoms with E-state index >= 15 is 0 Å². The number of pyridine rings is 1. The quantitative estimate of drug-likeness (QED) is 0.475. The van der Waals surface area contributed by atoms with E-state index in [1.807, 2.05) is 12.1 Å². The Morgan fingerprint density at radius 3 is 2.75 bits per heavy atom. The van der Waals surface area contributed by atoms with Crippen LogP contribution in [0.25, 0.3) is 5.65 Å². The van der Waals surface area contributed by atoms with Crippen molar-refractivity contribution < 1.29 is 0 Å². The van der Waals surface area contributed by atoms with E-state index in [0.717, 1.165) is 43.1 Å². The molecule has 0 unspecified atom stereocenters. The SMILES string of the molecule is N#Cc1ccc(N2CCC(Nc3nc(Nc4cnn5ccnc5c4)ncc3Cl)CC2)nc1. The second-order valence-corrected chi connectivity index (χ2v) is 7.82. The van der Waals surface area contributed by atoms with E-state index in [1.165, 1.54) is 0 Å². The van der Waals surface area contributed by atoms with Crippen molar-refractivity contribution in [3.63, 3.8) is 0 Å². The molecule has 0 aliphatic carbocycles. The Balaban J connectivity index is 1.23. The number of halogens is 1. The van der Waals surface area contributed by atoms with Crippen LogP contribution >= 0.6 is 11.6 Å². The van der Waals surface area contributed by atoms with Crippen LogP contribution < -0.4 is 15.5 Å². The Morgan fingerprint density at radius 2 is 1.97 bits per heavy atom. The fourth-order valence-electron chi connectivity index (χ4n) is 3.62. The Labute approximate surface area is 188 Å². The van der Waals surface area contributed by atoms with Crippen molar-refractivity contribution in [2.24, 2.45) is 0 Å². The number of nitrogens with zero attached hydrogens (tertiary/aromatic N) is 8. The summed E-state index contributed by atoms with van der Waals surface area (Å²) in [4.78, 5) is 19.7. The van der Waals surface area contributed by atoms with Crippen LogP contribution in [0, 0.1) is 11.3 Å². The normalized spacial score (nSPS) is 14.3. The molecule has 2 N–H and O–H groups in total. The minimum atomic E-state index is 0.229. The molecular formula is C21H19ClN10. The summed E-state index contributed by atoms with van der Waals surface area (Å²) >= 11 is 6.35. The zero-order valence-corrected chi connectivity index (χ0v) is 17.7. The lowest BCUT2D eigenvalue weighted by Crippen LogP contribution is -2.39. The van der Waals surface area contributed by atoms with Gasteiger partial charge in [0.25, 0.3) is 0 Å². The van der Waals surface area contributed by atoms with Gasteiger partial charge in [0.2, 0.25) is 5.95 Å². The lowest BCUT2D eigenvalue weighted by molar-refractivity contribution is 0.522. The second-order valence-electron chi connectivity index (χ2n) is 7.41. The number of aromatic nitrogens is 6. The van der Waals surface area contributed by atoms with Crippen LogP contribution in [0.2, 0.25) is 5.02 Å². The van der Waals surface area contributed by atoms with Crippen LogP contribution in [0.1, 0.15) is 18.4 Å². The molecule has 11 heteroatoms. The summed E-state index contributed by atoms with van der Waals surface area (Å²) in [5, 5.41) is 20.3. The summed E-state index contributed by atoms with van der Waals surface area (Å²) in [6.45, 7) is 1.70. The first-order valence-electron chi connectivity index (χ1n) is 10.1. The number of hydrogen-bond donors (Lipinski definition) is 2. The third kappa shape index (κ3) is 4.24. The zero-order valence-electron chi connectivity index (χ0n) is 17.0. The van der Waals surface area contributed by atoms with Crippen molar-refractivity contribution in [2.45, 2.75) is 18.9 Å². The van der Waals surface area contributed by atoms with E-state index in [9.17, 15) is 0 Å². The van der Waals surface area contributed by atoms with Gasteiger partial charge in [-0.15, -0.1) is 0 Å². The molecule has 5 heterocycles. The molecule has 4 aromatic rings. The molecule has 1 aliphatic heterocycles. The number of fused-ring (bicyclic) bond motifs is 1. The number of piperidine rings is 1. The molecule has 0 aromatic carbocycles. The van der Waals surface area contributed by atoms with Crippen LogP contribution in [0.3, 0.4) is 0 Å². The summed E-state index contributed by atoms with van der Waals surface area (Å²) in [6, 6.07) is 7.87. The molecule has 1 aliphatic rings. The molecule has 1 saturated heterocycles. The van der Waals surface area contributed by atoms with E-state index < -0.39 is 0 Å². The minimum Gasteiger partial charge on any atom is -0.366 e. The topological polar surface area (TPSA) is 120 Å². The molecule has 32 heavy (non-hydrogen) atoms. The fourth-order valence-corrected chi connectivity index (χ4v) is 3.77. The van der Waals surface area contributed by atoms with E-state index in [0.29, 0.717) is 22.4 Å². The average molecular weight is 447 g/mol. The molecular weight excluding hydrogens is 428 g/mol. The second kappa shape index (κ2) is 8.64. The molecule has 0 spiro atoms. The third-order valence-electron chi connectivity index (χ3n) is 5.29. The molecule has 4 aromatic heterocycles. The molecule has 0 amide bonds. The summed E-state index contributed by atoms with van der Waals surface area (Å²) in [5.74, 6) is 1.90. The van der Waals surface area contributed by atoms with E-state index in [-0.39, 0.29) is 6.04 Å². The summed E-state index contributed by atoms with van der Waals surface area (Å²) in [7, 11) is 0. The van der Waals surface area contributed by atoms with E-state index in [2.05, 4.69) is 46.6 Å². The number of nitrogens with one attached hydrogen (secondary N) is 2. The largest absolute Gasteiger partial charge is 0.366 e. The number of nitriles is 1. The number of rotatable bonds is 5. The van der Waals surface area contributed by atoms with Gasteiger partial charge in [-0.3, -0.25) is 0 Å². The highest BCUT2D eigenvalue weighted by Crippen LogP contribution is 2.25. The van der Waals surface area contributed by atoms with Crippen LogP contribution in [0.5, 0.6) is 0 Å². The highest BCUT2D eigenvalue weighted by atomic mass is 35.5. The van der Waals surface area contributed by atoms with Crippen LogP contribution in [-0.2, 0) is 0 Å². The number of hydrogen-bond acceptors (Lipinski definition) is 9. The van der Waals surface area contributed by atoms with Gasteiger partial charge in [0.05, 0.1) is 23.6 Å². The van der Waals surface area contributed by atoms with Crippen molar-refractivity contribution >= 4 is 40.5 Å². The van der Waals surface area contributed by atoms with Crippen molar-refractivity contribution in [2.75, 3.05) is 28.6 Å². The molecule has 1 fully saturated rings. The first-order valence-corrected chi connectivity index (χ1v) is 10.5. The predicted molar refractivity (Wildman–Crippen MR) is 121 cm³/mol. The van der Waals surface area contributed by atoms with Crippen LogP contribution in [-0.4, -0.2) is 48.7 Å². The van der Waals surface area contributed by atoms with Gasteiger partial charge in [0, 0.05) is 43.8 Å². The van der Waals surface area contributed by atoms with Crippen LogP contribution in [0.4, 0.5) is 23.3 Å². The van der Waals surface area contributed by atoms with Crippen molar-refractivity contribution in [3.05, 3.63) is 59.8 Å². The standard InChI is InChI=1S/C21H19ClN10/c22-17-13-26-21(29-16-9-19-24-5-8-32(19)27-12-16)30-20(17)28-15-3-6-31(7-4-15)18-2-1-14(10-23)11-25-18/h1-2,5,8-9,11-13,15H,3-4,6-7H2,(H2,26,28,29,30). The number of anilines is 4. The highest BCUT2D eigenvalue weighted by molar-refractivity contribution is 6.32.